The predicted molar refractivity (Wildman–Crippen MR) is 137 cm³/mol. The minimum absolute atomic E-state index is 0.191. The third-order valence-corrected chi connectivity index (χ3v) is 5.57. The van der Waals surface area contributed by atoms with Gasteiger partial charge in [0, 0.05) is 12.4 Å². The number of benzene rings is 3. The summed E-state index contributed by atoms with van der Waals surface area (Å²) in [5.41, 5.74) is 4.19. The first-order valence-electron chi connectivity index (χ1n) is 11.4. The molecule has 5 aromatic rings. The van der Waals surface area contributed by atoms with Crippen LogP contribution in [0.25, 0.3) is 11.1 Å². The number of ether oxygens (including phenoxy) is 2. The maximum absolute atomic E-state index is 12.6. The highest BCUT2D eigenvalue weighted by atomic mass is 16.5. The number of carbonyl (C=O) groups is 1. The number of amides is 1. The summed E-state index contributed by atoms with van der Waals surface area (Å²) in [5.74, 6) is 1.19. The molecule has 0 saturated carbocycles. The molecule has 0 aliphatic rings. The van der Waals surface area contributed by atoms with Crippen molar-refractivity contribution < 1.29 is 14.3 Å². The fourth-order valence-corrected chi connectivity index (χ4v) is 3.74. The molecule has 0 bridgehead atoms. The SMILES string of the molecule is COc1cccc(Cn2cc(NC(=O)c3ccn(COc4ccc(-c5ccccc5)cc4)n3)cn2)c1. The van der Waals surface area contributed by atoms with E-state index in [1.165, 1.54) is 0 Å². The van der Waals surface area contributed by atoms with Crippen LogP contribution in [0, 0.1) is 0 Å². The van der Waals surface area contributed by atoms with Gasteiger partial charge in [0.2, 0.25) is 0 Å². The fourth-order valence-electron chi connectivity index (χ4n) is 3.74. The number of nitrogens with one attached hydrogen (secondary N) is 1. The summed E-state index contributed by atoms with van der Waals surface area (Å²) in [6.45, 7) is 0.752. The Morgan fingerprint density at radius 2 is 1.69 bits per heavy atom. The first kappa shape index (κ1) is 22.9. The van der Waals surface area contributed by atoms with Gasteiger partial charge < -0.3 is 14.8 Å². The lowest BCUT2D eigenvalue weighted by Gasteiger charge is -2.07. The van der Waals surface area contributed by atoms with Gasteiger partial charge in [0.15, 0.2) is 12.4 Å². The van der Waals surface area contributed by atoms with Crippen LogP contribution in [-0.4, -0.2) is 32.6 Å². The average Bonchev–Trinajstić information content (AvgIpc) is 3.58. The van der Waals surface area contributed by atoms with Crippen LogP contribution in [-0.2, 0) is 13.3 Å². The number of nitrogens with zero attached hydrogens (tertiary/aromatic N) is 4. The van der Waals surface area contributed by atoms with Crippen molar-refractivity contribution in [2.45, 2.75) is 13.3 Å². The summed E-state index contributed by atoms with van der Waals surface area (Å²) in [4.78, 5) is 12.6. The molecule has 0 atom stereocenters. The van der Waals surface area contributed by atoms with E-state index in [1.54, 1.807) is 41.1 Å². The Hall–Kier alpha value is -4.85. The van der Waals surface area contributed by atoms with Gasteiger partial charge in [-0.05, 0) is 47.0 Å². The van der Waals surface area contributed by atoms with Crippen molar-refractivity contribution in [3.8, 4) is 22.6 Å². The van der Waals surface area contributed by atoms with Crippen molar-refractivity contribution in [3.05, 3.63) is 115 Å². The molecule has 8 nitrogen and oxygen atoms in total. The van der Waals surface area contributed by atoms with Gasteiger partial charge in [0.25, 0.3) is 5.91 Å². The van der Waals surface area contributed by atoms with E-state index in [4.69, 9.17) is 9.47 Å². The van der Waals surface area contributed by atoms with Crippen LogP contribution in [0.3, 0.4) is 0 Å². The second-order valence-electron chi connectivity index (χ2n) is 8.14. The van der Waals surface area contributed by atoms with Crippen molar-refractivity contribution in [2.24, 2.45) is 0 Å². The van der Waals surface area contributed by atoms with Crippen LogP contribution in [0.15, 0.2) is 104 Å². The summed E-state index contributed by atoms with van der Waals surface area (Å²) < 4.78 is 14.4. The zero-order valence-electron chi connectivity index (χ0n) is 19.7. The summed E-state index contributed by atoms with van der Waals surface area (Å²) in [7, 11) is 1.64. The Labute approximate surface area is 208 Å². The van der Waals surface area contributed by atoms with Crippen LogP contribution in [0.5, 0.6) is 11.5 Å². The number of methoxy groups -OCH3 is 1. The molecule has 2 aromatic heterocycles. The maximum atomic E-state index is 12.6. The maximum Gasteiger partial charge on any atom is 0.276 e. The lowest BCUT2D eigenvalue weighted by molar-refractivity contribution is 0.102. The molecule has 5 rings (SSSR count). The Morgan fingerprint density at radius 3 is 2.50 bits per heavy atom. The van der Waals surface area contributed by atoms with E-state index in [1.807, 2.05) is 66.7 Å². The van der Waals surface area contributed by atoms with Crippen molar-refractivity contribution in [3.63, 3.8) is 0 Å². The van der Waals surface area contributed by atoms with Crippen molar-refractivity contribution in [1.82, 2.24) is 19.6 Å². The number of anilines is 1. The molecule has 3 aromatic carbocycles. The predicted octanol–water partition coefficient (Wildman–Crippen LogP) is 5.09. The summed E-state index contributed by atoms with van der Waals surface area (Å²) >= 11 is 0. The highest BCUT2D eigenvalue weighted by molar-refractivity contribution is 6.02. The van der Waals surface area contributed by atoms with Gasteiger partial charge in [-0.25, -0.2) is 4.68 Å². The van der Waals surface area contributed by atoms with Gasteiger partial charge in [0.1, 0.15) is 11.5 Å². The summed E-state index contributed by atoms with van der Waals surface area (Å²) in [6.07, 6.45) is 5.09. The molecule has 2 heterocycles. The Morgan fingerprint density at radius 1 is 0.889 bits per heavy atom. The molecule has 0 saturated heterocycles. The molecule has 180 valence electrons. The fraction of sp³-hybridized carbons (Fsp3) is 0.107. The largest absolute Gasteiger partial charge is 0.497 e. The van der Waals surface area contributed by atoms with E-state index in [9.17, 15) is 4.79 Å². The van der Waals surface area contributed by atoms with Crippen molar-refractivity contribution in [1.29, 1.82) is 0 Å². The zero-order chi connectivity index (χ0) is 24.7. The second kappa shape index (κ2) is 10.6. The first-order chi connectivity index (χ1) is 17.7. The summed E-state index contributed by atoms with van der Waals surface area (Å²) in [5, 5.41) is 11.5. The van der Waals surface area contributed by atoms with Crippen molar-refractivity contribution in [2.75, 3.05) is 12.4 Å². The van der Waals surface area contributed by atoms with Gasteiger partial charge in [-0.3, -0.25) is 9.48 Å². The third kappa shape index (κ3) is 5.61. The smallest absolute Gasteiger partial charge is 0.276 e. The number of carbonyl (C=O) groups excluding carboxylic acids is 1. The van der Waals surface area contributed by atoms with E-state index in [0.717, 1.165) is 28.2 Å². The molecule has 0 aliphatic heterocycles. The van der Waals surface area contributed by atoms with Crippen molar-refractivity contribution >= 4 is 11.6 Å². The van der Waals surface area contributed by atoms with E-state index >= 15 is 0 Å². The molecule has 36 heavy (non-hydrogen) atoms. The zero-order valence-corrected chi connectivity index (χ0v) is 19.7. The number of aromatic nitrogens is 4. The standard InChI is InChI=1S/C28H25N5O3/c1-35-26-9-5-6-21(16-26)18-33-19-24(17-29-33)30-28(34)27-14-15-32(31-27)20-36-25-12-10-23(11-13-25)22-7-3-2-4-8-22/h2-17,19H,18,20H2,1H3,(H,30,34). The van der Waals surface area contributed by atoms with Gasteiger partial charge >= 0.3 is 0 Å². The van der Waals surface area contributed by atoms with E-state index < -0.39 is 0 Å². The number of rotatable bonds is 9. The molecule has 0 spiro atoms. The highest BCUT2D eigenvalue weighted by Crippen LogP contribution is 2.22. The Balaban J connectivity index is 1.14. The van der Waals surface area contributed by atoms with E-state index in [0.29, 0.717) is 17.9 Å². The molecule has 0 fully saturated rings. The molecular formula is C28H25N5O3. The average molecular weight is 480 g/mol. The van der Waals surface area contributed by atoms with Gasteiger partial charge in [-0.2, -0.15) is 10.2 Å². The number of hydrogen-bond acceptors (Lipinski definition) is 5. The second-order valence-corrected chi connectivity index (χ2v) is 8.14. The Bertz CT molecular complexity index is 1440. The Kier molecular flexibility index (Phi) is 6.75. The van der Waals surface area contributed by atoms with Crippen LogP contribution < -0.4 is 14.8 Å². The van der Waals surface area contributed by atoms with Gasteiger partial charge in [-0.1, -0.05) is 54.6 Å². The molecule has 8 heteroatoms. The lowest BCUT2D eigenvalue weighted by atomic mass is 10.1. The van der Waals surface area contributed by atoms with E-state index in [2.05, 4.69) is 27.6 Å². The minimum Gasteiger partial charge on any atom is -0.497 e. The monoisotopic (exact) mass is 479 g/mol. The van der Waals surface area contributed by atoms with Gasteiger partial charge in [-0.15, -0.1) is 0 Å². The topological polar surface area (TPSA) is 83.2 Å². The quantitative estimate of drug-likeness (QED) is 0.318. The lowest BCUT2D eigenvalue weighted by Crippen LogP contribution is -2.14. The first-order valence-corrected chi connectivity index (χ1v) is 11.4. The van der Waals surface area contributed by atoms with Crippen LogP contribution in [0.1, 0.15) is 16.1 Å². The van der Waals surface area contributed by atoms with E-state index in [-0.39, 0.29) is 12.6 Å². The molecule has 1 amide bonds. The molecule has 0 radical (unpaired) electrons. The molecule has 0 aliphatic carbocycles. The normalized spacial score (nSPS) is 10.7. The van der Waals surface area contributed by atoms with Crippen LogP contribution >= 0.6 is 0 Å². The minimum atomic E-state index is -0.318. The molecule has 1 N–H and O–H groups in total. The highest BCUT2D eigenvalue weighted by Gasteiger charge is 2.12. The van der Waals surface area contributed by atoms with Gasteiger partial charge in [0.05, 0.1) is 25.5 Å². The third-order valence-electron chi connectivity index (χ3n) is 5.57. The van der Waals surface area contributed by atoms with Crippen LogP contribution in [0.4, 0.5) is 5.69 Å². The molecular weight excluding hydrogens is 454 g/mol. The summed E-state index contributed by atoms with van der Waals surface area (Å²) in [6, 6.07) is 27.4. The number of hydrogen-bond donors (Lipinski definition) is 1. The van der Waals surface area contributed by atoms with Crippen LogP contribution in [0.2, 0.25) is 0 Å². The molecule has 0 unspecified atom stereocenters.